The number of aryl methyl sites for hydroxylation is 1. The Hall–Kier alpha value is -2.05. The minimum Gasteiger partial charge on any atom is -0.496 e. The summed E-state index contributed by atoms with van der Waals surface area (Å²) in [5.74, 6) is 5.98. The van der Waals surface area contributed by atoms with E-state index in [0.717, 1.165) is 22.6 Å². The summed E-state index contributed by atoms with van der Waals surface area (Å²) >= 11 is 0. The van der Waals surface area contributed by atoms with Crippen molar-refractivity contribution in [2.45, 2.75) is 26.3 Å². The Labute approximate surface area is 123 Å². The van der Waals surface area contributed by atoms with E-state index >= 15 is 0 Å². The van der Waals surface area contributed by atoms with Crippen LogP contribution in [0.25, 0.3) is 0 Å². The summed E-state index contributed by atoms with van der Waals surface area (Å²) in [6, 6.07) is 1.23. The fraction of sp³-hybridized carbons (Fsp3) is 0.333. The second kappa shape index (κ2) is 6.60. The molecule has 0 aromatic carbocycles. The highest BCUT2D eigenvalue weighted by atomic mass is 19.1. The number of hydrogen-bond donors (Lipinski definition) is 2. The van der Waals surface area contributed by atoms with E-state index in [1.807, 2.05) is 13.8 Å². The highest BCUT2D eigenvalue weighted by molar-refractivity contribution is 5.41. The molecule has 0 aliphatic carbocycles. The van der Waals surface area contributed by atoms with Crippen molar-refractivity contribution in [2.75, 3.05) is 7.11 Å². The summed E-state index contributed by atoms with van der Waals surface area (Å²) in [6.07, 6.45) is 4.92. The molecule has 0 radical (unpaired) electrons. The zero-order chi connectivity index (χ0) is 15.4. The van der Waals surface area contributed by atoms with Gasteiger partial charge in [0.25, 0.3) is 0 Å². The largest absolute Gasteiger partial charge is 0.496 e. The standard InChI is InChI=1S/C15H19FN4O/c1-9-7-19-13(10(2)15(9)21-3)6-14(20-17)11-4-5-18-8-12(11)16/h4-5,7-8,14,20H,6,17H2,1-3H3. The third kappa shape index (κ3) is 3.17. The van der Waals surface area contributed by atoms with Crippen molar-refractivity contribution in [3.05, 3.63) is 52.9 Å². The van der Waals surface area contributed by atoms with Crippen molar-refractivity contribution in [3.63, 3.8) is 0 Å². The minimum atomic E-state index is -0.392. The molecule has 0 fully saturated rings. The van der Waals surface area contributed by atoms with E-state index in [4.69, 9.17) is 10.6 Å². The van der Waals surface area contributed by atoms with Gasteiger partial charge in [0, 0.05) is 41.2 Å². The van der Waals surface area contributed by atoms with E-state index in [1.165, 1.54) is 6.20 Å². The van der Waals surface area contributed by atoms with Gasteiger partial charge in [-0.1, -0.05) is 0 Å². The maximum Gasteiger partial charge on any atom is 0.146 e. The first-order valence-corrected chi connectivity index (χ1v) is 6.63. The van der Waals surface area contributed by atoms with E-state index in [0.29, 0.717) is 12.0 Å². The Balaban J connectivity index is 2.34. The van der Waals surface area contributed by atoms with Crippen LogP contribution in [0, 0.1) is 19.7 Å². The Kier molecular flexibility index (Phi) is 4.82. The Morgan fingerprint density at radius 3 is 2.76 bits per heavy atom. The number of hydrogen-bond acceptors (Lipinski definition) is 5. The molecule has 0 aliphatic heterocycles. The van der Waals surface area contributed by atoms with Crippen LogP contribution in [-0.2, 0) is 6.42 Å². The summed E-state index contributed by atoms with van der Waals surface area (Å²) in [5.41, 5.74) is 5.82. The zero-order valence-corrected chi connectivity index (χ0v) is 12.4. The van der Waals surface area contributed by atoms with Gasteiger partial charge in [-0.05, 0) is 19.9 Å². The van der Waals surface area contributed by atoms with Crippen LogP contribution in [0.3, 0.4) is 0 Å². The van der Waals surface area contributed by atoms with Gasteiger partial charge in [0.2, 0.25) is 0 Å². The lowest BCUT2D eigenvalue weighted by Crippen LogP contribution is -2.30. The van der Waals surface area contributed by atoms with Gasteiger partial charge in [-0.2, -0.15) is 0 Å². The first-order chi connectivity index (χ1) is 10.1. The molecule has 0 spiro atoms. The molecule has 112 valence electrons. The van der Waals surface area contributed by atoms with Gasteiger partial charge in [-0.25, -0.2) is 4.39 Å². The minimum absolute atomic E-state index is 0.383. The number of ether oxygens (including phenoxy) is 1. The summed E-state index contributed by atoms with van der Waals surface area (Å²) in [7, 11) is 1.63. The van der Waals surface area contributed by atoms with Crippen LogP contribution in [0.5, 0.6) is 5.75 Å². The molecule has 1 atom stereocenters. The average molecular weight is 290 g/mol. The molecule has 2 rings (SSSR count). The number of methoxy groups -OCH3 is 1. The number of nitrogens with one attached hydrogen (secondary N) is 1. The molecule has 5 nitrogen and oxygen atoms in total. The SMILES string of the molecule is COc1c(C)cnc(CC(NN)c2ccncc2F)c1C. The second-order valence-electron chi connectivity index (χ2n) is 4.87. The fourth-order valence-corrected chi connectivity index (χ4v) is 2.40. The van der Waals surface area contributed by atoms with Crippen LogP contribution >= 0.6 is 0 Å². The Bertz CT molecular complexity index is 633. The Morgan fingerprint density at radius 2 is 2.14 bits per heavy atom. The number of nitrogens with two attached hydrogens (primary N) is 1. The smallest absolute Gasteiger partial charge is 0.146 e. The number of halogens is 1. The molecule has 0 bridgehead atoms. The van der Waals surface area contributed by atoms with Gasteiger partial charge in [0.05, 0.1) is 19.3 Å². The molecule has 2 heterocycles. The monoisotopic (exact) mass is 290 g/mol. The molecule has 0 aliphatic rings. The Morgan fingerprint density at radius 1 is 1.38 bits per heavy atom. The van der Waals surface area contributed by atoms with Crippen molar-refractivity contribution in [1.29, 1.82) is 0 Å². The topological polar surface area (TPSA) is 73.1 Å². The van der Waals surface area contributed by atoms with Crippen molar-refractivity contribution in [3.8, 4) is 5.75 Å². The van der Waals surface area contributed by atoms with Crippen LogP contribution in [0.15, 0.2) is 24.7 Å². The second-order valence-corrected chi connectivity index (χ2v) is 4.87. The number of aromatic nitrogens is 2. The summed E-state index contributed by atoms with van der Waals surface area (Å²) < 4.78 is 19.2. The van der Waals surface area contributed by atoms with Crippen LogP contribution in [0.1, 0.15) is 28.4 Å². The predicted molar refractivity (Wildman–Crippen MR) is 78.2 cm³/mol. The molecule has 0 saturated carbocycles. The van der Waals surface area contributed by atoms with Crippen LogP contribution in [0.4, 0.5) is 4.39 Å². The summed E-state index contributed by atoms with van der Waals surface area (Å²) in [5, 5.41) is 0. The number of nitrogens with zero attached hydrogens (tertiary/aromatic N) is 2. The molecule has 6 heteroatoms. The molecule has 2 aromatic heterocycles. The van der Waals surface area contributed by atoms with E-state index < -0.39 is 5.82 Å². The lowest BCUT2D eigenvalue weighted by atomic mass is 9.99. The van der Waals surface area contributed by atoms with Gasteiger partial charge in [-0.3, -0.25) is 21.2 Å². The maximum atomic E-state index is 13.8. The lowest BCUT2D eigenvalue weighted by molar-refractivity contribution is 0.406. The van der Waals surface area contributed by atoms with Crippen LogP contribution in [0.2, 0.25) is 0 Å². The van der Waals surface area contributed by atoms with Crippen molar-refractivity contribution in [1.82, 2.24) is 15.4 Å². The lowest BCUT2D eigenvalue weighted by Gasteiger charge is -2.19. The van der Waals surface area contributed by atoms with E-state index in [-0.39, 0.29) is 6.04 Å². The summed E-state index contributed by atoms with van der Waals surface area (Å²) in [4.78, 5) is 8.16. The molecule has 21 heavy (non-hydrogen) atoms. The van der Waals surface area contributed by atoms with Crippen LogP contribution in [-0.4, -0.2) is 17.1 Å². The van der Waals surface area contributed by atoms with Gasteiger partial charge in [0.15, 0.2) is 0 Å². The number of hydrazine groups is 1. The normalized spacial score (nSPS) is 12.2. The molecular weight excluding hydrogens is 271 g/mol. The molecular formula is C15H19FN4O. The van der Waals surface area contributed by atoms with Gasteiger partial charge >= 0.3 is 0 Å². The molecule has 2 aromatic rings. The molecule has 0 amide bonds. The molecule has 3 N–H and O–H groups in total. The quantitative estimate of drug-likeness (QED) is 0.651. The van der Waals surface area contributed by atoms with E-state index in [9.17, 15) is 4.39 Å². The first kappa shape index (κ1) is 15.3. The summed E-state index contributed by atoms with van der Waals surface area (Å²) in [6.45, 7) is 3.87. The third-order valence-corrected chi connectivity index (χ3v) is 3.53. The van der Waals surface area contributed by atoms with E-state index in [2.05, 4.69) is 15.4 Å². The van der Waals surface area contributed by atoms with Crippen molar-refractivity contribution in [2.24, 2.45) is 5.84 Å². The third-order valence-electron chi connectivity index (χ3n) is 3.53. The number of rotatable bonds is 5. The van der Waals surface area contributed by atoms with Gasteiger partial charge < -0.3 is 4.74 Å². The van der Waals surface area contributed by atoms with Crippen LogP contribution < -0.4 is 16.0 Å². The molecule has 1 unspecified atom stereocenters. The number of pyridine rings is 2. The predicted octanol–water partition coefficient (Wildman–Crippen LogP) is 1.99. The first-order valence-electron chi connectivity index (χ1n) is 6.63. The zero-order valence-electron chi connectivity index (χ0n) is 12.4. The average Bonchev–Trinajstić information content (AvgIpc) is 2.48. The highest BCUT2D eigenvalue weighted by Crippen LogP contribution is 2.27. The van der Waals surface area contributed by atoms with E-state index in [1.54, 1.807) is 25.6 Å². The van der Waals surface area contributed by atoms with Gasteiger partial charge in [-0.15, -0.1) is 0 Å². The highest BCUT2D eigenvalue weighted by Gasteiger charge is 2.18. The molecule has 0 saturated heterocycles. The maximum absolute atomic E-state index is 13.8. The van der Waals surface area contributed by atoms with Gasteiger partial charge in [0.1, 0.15) is 11.6 Å². The van der Waals surface area contributed by atoms with Crippen molar-refractivity contribution < 1.29 is 9.13 Å². The van der Waals surface area contributed by atoms with Crippen molar-refractivity contribution >= 4 is 0 Å². The fourth-order valence-electron chi connectivity index (χ4n) is 2.40.